The highest BCUT2D eigenvalue weighted by Gasteiger charge is 2.31. The second-order valence-corrected chi connectivity index (χ2v) is 11.7. The van der Waals surface area contributed by atoms with Gasteiger partial charge in [-0.1, -0.05) is 30.3 Å². The summed E-state index contributed by atoms with van der Waals surface area (Å²) in [7, 11) is -1.78. The van der Waals surface area contributed by atoms with E-state index in [1.807, 2.05) is 11.9 Å². The third-order valence-electron chi connectivity index (χ3n) is 7.16. The zero-order chi connectivity index (χ0) is 23.9. The average Bonchev–Trinajstić information content (AvgIpc) is 3.52. The van der Waals surface area contributed by atoms with Gasteiger partial charge in [0, 0.05) is 13.6 Å². The van der Waals surface area contributed by atoms with E-state index in [-0.39, 0.29) is 34.4 Å². The fourth-order valence-corrected chi connectivity index (χ4v) is 6.36. The SMILES string of the molecule is CN(C(=O)Cc1ccc2c(c1)NC(=O)CS2(=O)=O)C(CN1CCCC1)c1cccc(C2CC2)c1.O. The molecule has 2 aromatic rings. The zero-order valence-corrected chi connectivity index (χ0v) is 20.8. The van der Waals surface area contributed by atoms with Crippen LogP contribution in [-0.4, -0.2) is 67.9 Å². The van der Waals surface area contributed by atoms with Gasteiger partial charge < -0.3 is 20.6 Å². The van der Waals surface area contributed by atoms with Gasteiger partial charge in [-0.3, -0.25) is 9.59 Å². The largest absolute Gasteiger partial charge is 0.412 e. The van der Waals surface area contributed by atoms with Crippen molar-refractivity contribution < 1.29 is 23.5 Å². The molecule has 9 heteroatoms. The molecule has 0 spiro atoms. The van der Waals surface area contributed by atoms with Crippen LogP contribution in [0.25, 0.3) is 0 Å². The van der Waals surface area contributed by atoms with Gasteiger partial charge in [-0.25, -0.2) is 8.42 Å². The van der Waals surface area contributed by atoms with E-state index in [0.717, 1.165) is 25.2 Å². The number of amides is 2. The Morgan fingerprint density at radius 2 is 1.89 bits per heavy atom. The number of benzene rings is 2. The highest BCUT2D eigenvalue weighted by molar-refractivity contribution is 7.92. The van der Waals surface area contributed by atoms with Crippen LogP contribution in [0.4, 0.5) is 5.69 Å². The zero-order valence-electron chi connectivity index (χ0n) is 20.0. The van der Waals surface area contributed by atoms with E-state index in [0.29, 0.717) is 11.5 Å². The Kier molecular flexibility index (Phi) is 7.30. The minimum Gasteiger partial charge on any atom is -0.412 e. The van der Waals surface area contributed by atoms with Gasteiger partial charge in [-0.15, -0.1) is 0 Å². The molecule has 0 radical (unpaired) electrons. The summed E-state index contributed by atoms with van der Waals surface area (Å²) in [5.41, 5.74) is 3.46. The number of carbonyl (C=O) groups is 2. The normalized spacial score (nSPS) is 19.9. The van der Waals surface area contributed by atoms with Gasteiger partial charge in [-0.05, 0) is 73.5 Å². The van der Waals surface area contributed by atoms with E-state index in [1.54, 1.807) is 12.1 Å². The van der Waals surface area contributed by atoms with Crippen LogP contribution < -0.4 is 5.32 Å². The van der Waals surface area contributed by atoms with Crippen LogP contribution in [-0.2, 0) is 25.8 Å². The summed E-state index contributed by atoms with van der Waals surface area (Å²) in [5.74, 6) is -0.477. The summed E-state index contributed by atoms with van der Waals surface area (Å²) in [6.07, 6.45) is 4.99. The Bertz CT molecular complexity index is 1220. The van der Waals surface area contributed by atoms with Crippen molar-refractivity contribution in [2.75, 3.05) is 37.8 Å². The third kappa shape index (κ3) is 5.58. The fourth-order valence-electron chi connectivity index (χ4n) is 5.06. The minimum absolute atomic E-state index is 0. The van der Waals surface area contributed by atoms with Crippen LogP contribution >= 0.6 is 0 Å². The first-order valence-electron chi connectivity index (χ1n) is 12.0. The maximum absolute atomic E-state index is 13.4. The van der Waals surface area contributed by atoms with Gasteiger partial charge in [0.25, 0.3) is 0 Å². The van der Waals surface area contributed by atoms with Crippen molar-refractivity contribution in [3.63, 3.8) is 0 Å². The second kappa shape index (κ2) is 10.1. The van der Waals surface area contributed by atoms with Gasteiger partial charge in [-0.2, -0.15) is 0 Å². The number of rotatable bonds is 7. The van der Waals surface area contributed by atoms with Gasteiger partial charge >= 0.3 is 0 Å². The summed E-state index contributed by atoms with van der Waals surface area (Å²) >= 11 is 0. The van der Waals surface area contributed by atoms with Crippen molar-refractivity contribution in [1.29, 1.82) is 0 Å². The molecule has 2 fully saturated rings. The lowest BCUT2D eigenvalue weighted by Gasteiger charge is -2.32. The van der Waals surface area contributed by atoms with Crippen molar-refractivity contribution >= 4 is 27.3 Å². The van der Waals surface area contributed by atoms with Crippen molar-refractivity contribution in [2.45, 2.75) is 49.0 Å². The van der Waals surface area contributed by atoms with Gasteiger partial charge in [0.05, 0.1) is 23.0 Å². The molecule has 2 heterocycles. The number of hydrogen-bond donors (Lipinski definition) is 1. The maximum Gasteiger partial charge on any atom is 0.239 e. The van der Waals surface area contributed by atoms with Crippen LogP contribution in [0.15, 0.2) is 47.4 Å². The molecule has 5 rings (SSSR count). The number of sulfone groups is 1. The number of likely N-dealkylation sites (tertiary alicyclic amines) is 1. The highest BCUT2D eigenvalue weighted by atomic mass is 32.2. The predicted molar refractivity (Wildman–Crippen MR) is 134 cm³/mol. The third-order valence-corrected chi connectivity index (χ3v) is 8.83. The summed E-state index contributed by atoms with van der Waals surface area (Å²) < 4.78 is 24.6. The molecule has 1 saturated carbocycles. The van der Waals surface area contributed by atoms with Crippen LogP contribution in [0.3, 0.4) is 0 Å². The number of nitrogens with one attached hydrogen (secondary N) is 1. The van der Waals surface area contributed by atoms with E-state index >= 15 is 0 Å². The first kappa shape index (κ1) is 25.3. The number of hydrogen-bond acceptors (Lipinski definition) is 5. The first-order valence-corrected chi connectivity index (χ1v) is 13.7. The van der Waals surface area contributed by atoms with Crippen molar-refractivity contribution in [3.05, 3.63) is 59.2 Å². The molecular formula is C26H33N3O5S. The molecule has 2 aromatic carbocycles. The molecule has 35 heavy (non-hydrogen) atoms. The molecule has 0 bridgehead atoms. The summed E-state index contributed by atoms with van der Waals surface area (Å²) in [5, 5.41) is 2.63. The number of fused-ring (bicyclic) bond motifs is 1. The molecule has 0 aromatic heterocycles. The van der Waals surface area contributed by atoms with Crippen LogP contribution in [0, 0.1) is 0 Å². The lowest BCUT2D eigenvalue weighted by Crippen LogP contribution is -2.39. The molecule has 1 aliphatic carbocycles. The van der Waals surface area contributed by atoms with E-state index in [2.05, 4.69) is 34.5 Å². The Morgan fingerprint density at radius 1 is 1.14 bits per heavy atom. The second-order valence-electron chi connectivity index (χ2n) is 9.79. The molecule has 3 aliphatic rings. The quantitative estimate of drug-likeness (QED) is 0.627. The van der Waals surface area contributed by atoms with Gasteiger partial charge in [0.1, 0.15) is 5.75 Å². The molecule has 1 atom stereocenters. The Hall–Kier alpha value is -2.75. The molecule has 2 amide bonds. The van der Waals surface area contributed by atoms with Gasteiger partial charge in [0.15, 0.2) is 9.84 Å². The van der Waals surface area contributed by atoms with E-state index in [1.165, 1.54) is 37.3 Å². The average molecular weight is 500 g/mol. The van der Waals surface area contributed by atoms with Gasteiger partial charge in [0.2, 0.25) is 11.8 Å². The van der Waals surface area contributed by atoms with Crippen LogP contribution in [0.1, 0.15) is 54.3 Å². The number of likely N-dealkylation sites (N-methyl/N-ethyl adjacent to an activating group) is 1. The fraction of sp³-hybridized carbons (Fsp3) is 0.462. The lowest BCUT2D eigenvalue weighted by molar-refractivity contribution is -0.131. The van der Waals surface area contributed by atoms with Crippen molar-refractivity contribution in [2.24, 2.45) is 0 Å². The molecule has 3 N–H and O–H groups in total. The topological polar surface area (TPSA) is 118 Å². The Balaban J connectivity index is 0.00000289. The minimum atomic E-state index is -3.63. The van der Waals surface area contributed by atoms with E-state index < -0.39 is 21.5 Å². The Morgan fingerprint density at radius 3 is 2.60 bits per heavy atom. The molecule has 2 aliphatic heterocycles. The summed E-state index contributed by atoms with van der Waals surface area (Å²) in [4.78, 5) is 29.6. The highest BCUT2D eigenvalue weighted by Crippen LogP contribution is 2.41. The monoisotopic (exact) mass is 499 g/mol. The molecular weight excluding hydrogens is 466 g/mol. The predicted octanol–water partition coefficient (Wildman–Crippen LogP) is 2.30. The maximum atomic E-state index is 13.4. The summed E-state index contributed by atoms with van der Waals surface area (Å²) in [6, 6.07) is 13.4. The molecule has 8 nitrogen and oxygen atoms in total. The Labute approximate surface area is 206 Å². The number of nitrogens with zero attached hydrogens (tertiary/aromatic N) is 2. The first-order chi connectivity index (χ1) is 16.3. The van der Waals surface area contributed by atoms with E-state index in [9.17, 15) is 18.0 Å². The molecule has 188 valence electrons. The molecule has 1 saturated heterocycles. The lowest BCUT2D eigenvalue weighted by atomic mass is 9.99. The molecule has 1 unspecified atom stereocenters. The van der Waals surface area contributed by atoms with Crippen molar-refractivity contribution in [1.82, 2.24) is 9.80 Å². The smallest absolute Gasteiger partial charge is 0.239 e. The number of carbonyl (C=O) groups excluding carboxylic acids is 2. The van der Waals surface area contributed by atoms with E-state index in [4.69, 9.17) is 0 Å². The van der Waals surface area contributed by atoms with Crippen LogP contribution in [0.5, 0.6) is 0 Å². The summed E-state index contributed by atoms with van der Waals surface area (Å²) in [6.45, 7) is 2.91. The standard InChI is InChI=1S/C26H31N3O4S.H2O/c1-28(26(31)14-18-7-10-24-22(13-18)27-25(30)17-34(24,32)33)23(16-29-11-2-3-12-29)21-6-4-5-20(15-21)19-8-9-19;/h4-7,10,13,15,19,23H,2-3,8-9,11-12,14,16-17H2,1H3,(H,27,30);1H2. The van der Waals surface area contributed by atoms with Crippen LogP contribution in [0.2, 0.25) is 0 Å². The van der Waals surface area contributed by atoms with Crippen molar-refractivity contribution in [3.8, 4) is 0 Å². The number of anilines is 1.